The highest BCUT2D eigenvalue weighted by Crippen LogP contribution is 2.34. The number of hydrogen-bond donors (Lipinski definition) is 3. The molecule has 0 bridgehead atoms. The first-order chi connectivity index (χ1) is 23.2. The van der Waals surface area contributed by atoms with Crippen molar-refractivity contribution in [2.24, 2.45) is 0 Å². The van der Waals surface area contributed by atoms with Gasteiger partial charge < -0.3 is 24.8 Å². The molecule has 0 spiro atoms. The molecule has 3 rings (SSSR count). The van der Waals surface area contributed by atoms with Gasteiger partial charge >= 0.3 is 12.1 Å². The topological polar surface area (TPSA) is 168 Å². The summed E-state index contributed by atoms with van der Waals surface area (Å²) in [5, 5.41) is 6.26. The maximum absolute atomic E-state index is 15.4. The number of hydrazine groups is 1. The Kier molecular flexibility index (Phi) is 13.1. The van der Waals surface area contributed by atoms with Gasteiger partial charge in [0.15, 0.2) is 10.8 Å². The van der Waals surface area contributed by atoms with Gasteiger partial charge in [0.1, 0.15) is 27.8 Å². The summed E-state index contributed by atoms with van der Waals surface area (Å²) in [5.41, 5.74) is 2.18. The van der Waals surface area contributed by atoms with Crippen molar-refractivity contribution in [2.75, 3.05) is 29.8 Å². The number of nitrogens with one attached hydrogen (secondary N) is 3. The fourth-order valence-corrected chi connectivity index (χ4v) is 6.79. The second-order valence-corrected chi connectivity index (χ2v) is 15.7. The van der Waals surface area contributed by atoms with Crippen LogP contribution in [0, 0.1) is 5.82 Å². The van der Waals surface area contributed by atoms with Crippen LogP contribution in [0.4, 0.5) is 19.9 Å². The standard InChI is InChI=1S/C32H41FN6O8S3/c1-9-38(37-30(42)47-32(5,6)7)29(48)34-17-25(40)36-24-15-14-22(16-23(24)33)50(43,44)39(18-20-10-12-21(45-8)13-11-20)27-26(35-19-49-27)28(41)46-31(2,3)4/h10-16,19H,9,17-18H2,1-8H3,(H,34,48)(H,36,40)(H,37,42). The van der Waals surface area contributed by atoms with Crippen molar-refractivity contribution >= 4 is 67.3 Å². The fraction of sp³-hybridized carbons (Fsp3) is 0.406. The van der Waals surface area contributed by atoms with E-state index in [1.54, 1.807) is 72.7 Å². The van der Waals surface area contributed by atoms with E-state index < -0.39 is 56.5 Å². The number of carbonyl (C=O) groups excluding carboxylic acids is 3. The molecule has 0 atom stereocenters. The van der Waals surface area contributed by atoms with Crippen molar-refractivity contribution in [3.05, 3.63) is 65.0 Å². The van der Waals surface area contributed by atoms with Crippen LogP contribution in [0.3, 0.4) is 0 Å². The molecular weight excluding hydrogens is 712 g/mol. The van der Waals surface area contributed by atoms with Gasteiger partial charge in [0.25, 0.3) is 10.0 Å². The summed E-state index contributed by atoms with van der Waals surface area (Å²) in [7, 11) is -3.03. The average Bonchev–Trinajstić information content (AvgIpc) is 3.50. The number of methoxy groups -OCH3 is 1. The van der Waals surface area contributed by atoms with Crippen LogP contribution >= 0.6 is 23.6 Å². The lowest BCUT2D eigenvalue weighted by Crippen LogP contribution is -2.52. The minimum absolute atomic E-state index is 0.00110. The predicted molar refractivity (Wildman–Crippen MR) is 191 cm³/mol. The first kappa shape index (κ1) is 39.9. The van der Waals surface area contributed by atoms with Gasteiger partial charge in [-0.25, -0.2) is 32.8 Å². The van der Waals surface area contributed by atoms with Crippen LogP contribution < -0.4 is 25.1 Å². The highest BCUT2D eigenvalue weighted by molar-refractivity contribution is 7.93. The highest BCUT2D eigenvalue weighted by Gasteiger charge is 2.33. The lowest BCUT2D eigenvalue weighted by Gasteiger charge is -2.27. The first-order valence-corrected chi connectivity index (χ1v) is 17.9. The predicted octanol–water partition coefficient (Wildman–Crippen LogP) is 5.22. The Hall–Kier alpha value is -4.55. The summed E-state index contributed by atoms with van der Waals surface area (Å²) in [4.78, 5) is 41.5. The second-order valence-electron chi connectivity index (χ2n) is 12.6. The number of thiocarbonyl (C=S) groups is 1. The van der Waals surface area contributed by atoms with Crippen molar-refractivity contribution in [1.29, 1.82) is 0 Å². The number of rotatable bonds is 11. The monoisotopic (exact) mass is 752 g/mol. The zero-order valence-electron chi connectivity index (χ0n) is 29.0. The maximum Gasteiger partial charge on any atom is 0.426 e. The molecular formula is C32H41FN6O8S3. The van der Waals surface area contributed by atoms with Crippen molar-refractivity contribution in [3.8, 4) is 5.75 Å². The smallest absolute Gasteiger partial charge is 0.426 e. The Morgan fingerprint density at radius 2 is 1.64 bits per heavy atom. The number of nitrogens with zero attached hydrogens (tertiary/aromatic N) is 3. The lowest BCUT2D eigenvalue weighted by molar-refractivity contribution is -0.115. The van der Waals surface area contributed by atoms with Crippen LogP contribution in [-0.2, 0) is 30.8 Å². The van der Waals surface area contributed by atoms with Crippen LogP contribution in [-0.4, -0.2) is 72.9 Å². The number of thiazole rings is 1. The van der Waals surface area contributed by atoms with Gasteiger partial charge in [0.2, 0.25) is 5.91 Å². The number of halogens is 1. The third-order valence-corrected chi connectivity index (χ3v) is 9.31. The number of sulfonamides is 1. The Morgan fingerprint density at radius 1 is 1.00 bits per heavy atom. The molecule has 3 N–H and O–H groups in total. The largest absolute Gasteiger partial charge is 0.497 e. The zero-order valence-corrected chi connectivity index (χ0v) is 31.4. The summed E-state index contributed by atoms with van der Waals surface area (Å²) in [6, 6.07) is 9.61. The normalized spacial score (nSPS) is 11.6. The molecule has 2 amide bonds. The molecule has 50 heavy (non-hydrogen) atoms. The maximum atomic E-state index is 15.4. The number of esters is 1. The summed E-state index contributed by atoms with van der Waals surface area (Å²) in [5.74, 6) is -2.02. The number of anilines is 2. The Bertz CT molecular complexity index is 1810. The first-order valence-electron chi connectivity index (χ1n) is 15.2. The third-order valence-electron chi connectivity index (χ3n) is 6.24. The van der Waals surface area contributed by atoms with Crippen LogP contribution in [0.5, 0.6) is 5.75 Å². The SMILES string of the molecule is CCN(NC(=O)OC(C)(C)C)C(=S)NCC(=O)Nc1ccc(S(=O)(=O)N(Cc2ccc(OC)cc2)c2scnc2C(=O)OC(C)(C)C)cc1F. The number of hydrogen-bond acceptors (Lipinski definition) is 11. The minimum atomic E-state index is -4.53. The number of aromatic nitrogens is 1. The van der Waals surface area contributed by atoms with E-state index in [1.807, 2.05) is 0 Å². The van der Waals surface area contributed by atoms with E-state index in [1.165, 1.54) is 17.6 Å². The molecule has 0 aliphatic heterocycles. The lowest BCUT2D eigenvalue weighted by atomic mass is 10.2. The van der Waals surface area contributed by atoms with Crippen molar-refractivity contribution in [2.45, 2.75) is 71.1 Å². The molecule has 0 unspecified atom stereocenters. The van der Waals surface area contributed by atoms with Crippen molar-refractivity contribution in [1.82, 2.24) is 20.7 Å². The van der Waals surface area contributed by atoms with E-state index in [0.29, 0.717) is 11.3 Å². The minimum Gasteiger partial charge on any atom is -0.497 e. The van der Waals surface area contributed by atoms with Crippen molar-refractivity contribution < 1.29 is 41.4 Å². The van der Waals surface area contributed by atoms with Crippen LogP contribution in [0.1, 0.15) is 64.5 Å². The molecule has 1 heterocycles. The quantitative estimate of drug-likeness (QED) is 0.133. The Morgan fingerprint density at radius 3 is 2.20 bits per heavy atom. The molecule has 3 aromatic rings. The average molecular weight is 753 g/mol. The van der Waals surface area contributed by atoms with Gasteiger partial charge in [-0.1, -0.05) is 12.1 Å². The van der Waals surface area contributed by atoms with Crippen LogP contribution in [0.15, 0.2) is 52.9 Å². The molecule has 14 nitrogen and oxygen atoms in total. The molecule has 0 fully saturated rings. The van der Waals surface area contributed by atoms with E-state index >= 15 is 4.39 Å². The van der Waals surface area contributed by atoms with Gasteiger partial charge in [0.05, 0.1) is 36.3 Å². The van der Waals surface area contributed by atoms with Crippen LogP contribution in [0.2, 0.25) is 0 Å². The summed E-state index contributed by atoms with van der Waals surface area (Å²) in [6.45, 7) is 11.4. The highest BCUT2D eigenvalue weighted by atomic mass is 32.2. The van der Waals surface area contributed by atoms with Gasteiger partial charge in [-0.05, 0) is 96.6 Å². The van der Waals surface area contributed by atoms with E-state index in [0.717, 1.165) is 33.8 Å². The van der Waals surface area contributed by atoms with Crippen molar-refractivity contribution in [3.63, 3.8) is 0 Å². The molecule has 0 radical (unpaired) electrons. The second kappa shape index (κ2) is 16.4. The summed E-state index contributed by atoms with van der Waals surface area (Å²) >= 11 is 6.15. The third kappa shape index (κ3) is 11.2. The molecule has 0 saturated heterocycles. The summed E-state index contributed by atoms with van der Waals surface area (Å²) in [6.07, 6.45) is -0.746. The van der Waals surface area contributed by atoms with E-state index in [4.69, 9.17) is 26.4 Å². The fourth-order valence-electron chi connectivity index (χ4n) is 4.06. The number of benzene rings is 2. The number of carbonyl (C=O) groups is 3. The van der Waals surface area contributed by atoms with E-state index in [2.05, 4.69) is 21.0 Å². The van der Waals surface area contributed by atoms with Gasteiger partial charge in [-0.15, -0.1) is 11.3 Å². The van der Waals surface area contributed by atoms with E-state index in [9.17, 15) is 22.8 Å². The van der Waals surface area contributed by atoms with Crippen LogP contribution in [0.25, 0.3) is 0 Å². The number of ether oxygens (including phenoxy) is 3. The molecule has 0 saturated carbocycles. The Labute approximate surface area is 300 Å². The van der Waals surface area contributed by atoms with Gasteiger partial charge in [0, 0.05) is 6.54 Å². The number of amides is 2. The van der Waals surface area contributed by atoms with Gasteiger partial charge in [-0.2, -0.15) is 0 Å². The van der Waals surface area contributed by atoms with Gasteiger partial charge in [-0.3, -0.25) is 14.1 Å². The molecule has 0 aliphatic carbocycles. The molecule has 18 heteroatoms. The van der Waals surface area contributed by atoms with E-state index in [-0.39, 0.29) is 34.6 Å². The molecule has 1 aromatic heterocycles. The molecule has 272 valence electrons. The zero-order chi connectivity index (χ0) is 37.4. The molecule has 2 aromatic carbocycles. The summed E-state index contributed by atoms with van der Waals surface area (Å²) < 4.78 is 60.5. The molecule has 0 aliphatic rings. The Balaban J connectivity index is 1.83.